The Balaban J connectivity index is 1.43. The van der Waals surface area contributed by atoms with Crippen LogP contribution in [0.1, 0.15) is 15.9 Å². The van der Waals surface area contributed by atoms with Gasteiger partial charge in [0.2, 0.25) is 11.6 Å². The van der Waals surface area contributed by atoms with Crippen LogP contribution >= 0.6 is 0 Å². The van der Waals surface area contributed by atoms with E-state index < -0.39 is 16.6 Å². The van der Waals surface area contributed by atoms with Crippen LogP contribution in [0.3, 0.4) is 0 Å². The van der Waals surface area contributed by atoms with E-state index in [0.717, 1.165) is 31.8 Å². The largest absolute Gasteiger partial charge is 0.355 e. The monoisotopic (exact) mass is 451 g/mol. The molecule has 11 heteroatoms. The highest BCUT2D eigenvalue weighted by Gasteiger charge is 2.29. The number of nitrogens with zero attached hydrogens (tertiary/aromatic N) is 5. The molecule has 3 aromatic rings. The number of carbonyl (C=O) groups excluding carboxylic acids is 1. The number of hydrogen-bond acceptors (Lipinski definition) is 8. The molecule has 0 aliphatic carbocycles. The summed E-state index contributed by atoms with van der Waals surface area (Å²) in [6.45, 7) is 3.38. The highest BCUT2D eigenvalue weighted by Crippen LogP contribution is 2.32. The standard InChI is InChI=1S/C22H22FN7O3/c23-18-8-6-17(7-9-18)22(31)27-26-20-19(30(32)33)21(25-15-24-20)29-12-10-28(11-13-29)14-16-4-2-1-3-5-16/h1-9,15H,10-14H2,(H,27,31)(H,24,25,26). The van der Waals surface area contributed by atoms with Crippen molar-refractivity contribution in [2.24, 2.45) is 0 Å². The van der Waals surface area contributed by atoms with Gasteiger partial charge in [-0.1, -0.05) is 30.3 Å². The molecule has 0 unspecified atom stereocenters. The Kier molecular flexibility index (Phi) is 6.69. The molecule has 0 saturated carbocycles. The van der Waals surface area contributed by atoms with Gasteiger partial charge < -0.3 is 4.90 Å². The number of amides is 1. The lowest BCUT2D eigenvalue weighted by atomic mass is 10.2. The third-order valence-corrected chi connectivity index (χ3v) is 5.31. The Morgan fingerprint density at radius 1 is 1.03 bits per heavy atom. The molecular weight excluding hydrogens is 429 g/mol. The number of nitro groups is 1. The lowest BCUT2D eigenvalue weighted by Crippen LogP contribution is -2.46. The fourth-order valence-corrected chi connectivity index (χ4v) is 3.61. The highest BCUT2D eigenvalue weighted by molar-refractivity contribution is 5.95. The first kappa shape index (κ1) is 22.1. The second kappa shape index (κ2) is 10.0. The van der Waals surface area contributed by atoms with Crippen molar-refractivity contribution in [2.45, 2.75) is 6.54 Å². The Labute approximate surface area is 189 Å². The van der Waals surface area contributed by atoms with E-state index in [9.17, 15) is 19.3 Å². The van der Waals surface area contributed by atoms with Gasteiger partial charge in [0.15, 0.2) is 0 Å². The van der Waals surface area contributed by atoms with E-state index >= 15 is 0 Å². The van der Waals surface area contributed by atoms with Crippen LogP contribution in [0.4, 0.5) is 21.7 Å². The van der Waals surface area contributed by atoms with Gasteiger partial charge in [-0.15, -0.1) is 0 Å². The van der Waals surface area contributed by atoms with Crippen LogP contribution in [-0.4, -0.2) is 51.9 Å². The summed E-state index contributed by atoms with van der Waals surface area (Å²) < 4.78 is 13.1. The lowest BCUT2D eigenvalue weighted by Gasteiger charge is -2.35. The molecule has 33 heavy (non-hydrogen) atoms. The van der Waals surface area contributed by atoms with E-state index in [0.29, 0.717) is 13.1 Å². The second-order valence-electron chi connectivity index (χ2n) is 7.49. The van der Waals surface area contributed by atoms with Crippen LogP contribution in [0.2, 0.25) is 0 Å². The zero-order valence-electron chi connectivity index (χ0n) is 17.6. The van der Waals surface area contributed by atoms with E-state index in [1.165, 1.54) is 24.0 Å². The van der Waals surface area contributed by atoms with E-state index in [-0.39, 0.29) is 22.9 Å². The highest BCUT2D eigenvalue weighted by atomic mass is 19.1. The molecule has 4 rings (SSSR count). The Morgan fingerprint density at radius 3 is 2.39 bits per heavy atom. The molecule has 1 saturated heterocycles. The van der Waals surface area contributed by atoms with Crippen LogP contribution < -0.4 is 15.8 Å². The van der Waals surface area contributed by atoms with Gasteiger partial charge in [-0.2, -0.15) is 0 Å². The molecular formula is C22H22FN7O3. The van der Waals surface area contributed by atoms with Crippen molar-refractivity contribution in [3.63, 3.8) is 0 Å². The Morgan fingerprint density at radius 2 is 1.73 bits per heavy atom. The topological polar surface area (TPSA) is 117 Å². The molecule has 2 aromatic carbocycles. The van der Waals surface area contributed by atoms with E-state index in [2.05, 4.69) is 37.9 Å². The summed E-state index contributed by atoms with van der Waals surface area (Å²) in [7, 11) is 0. The molecule has 0 bridgehead atoms. The first-order valence-electron chi connectivity index (χ1n) is 10.3. The summed E-state index contributed by atoms with van der Waals surface area (Å²) in [6, 6.07) is 15.0. The summed E-state index contributed by atoms with van der Waals surface area (Å²) in [6.07, 6.45) is 1.21. The second-order valence-corrected chi connectivity index (χ2v) is 7.49. The van der Waals surface area contributed by atoms with Crippen molar-refractivity contribution >= 4 is 23.2 Å². The number of halogens is 1. The molecule has 1 amide bonds. The smallest absolute Gasteiger partial charge is 0.348 e. The summed E-state index contributed by atoms with van der Waals surface area (Å²) in [4.78, 5) is 35.7. The number of piperazine rings is 1. The summed E-state index contributed by atoms with van der Waals surface area (Å²) >= 11 is 0. The van der Waals surface area contributed by atoms with Gasteiger partial charge in [0.05, 0.1) is 4.92 Å². The van der Waals surface area contributed by atoms with Crippen molar-refractivity contribution in [2.75, 3.05) is 36.5 Å². The normalized spacial score (nSPS) is 14.0. The van der Waals surface area contributed by atoms with E-state index in [1.807, 2.05) is 23.1 Å². The maximum absolute atomic E-state index is 13.1. The minimum atomic E-state index is -0.584. The lowest BCUT2D eigenvalue weighted by molar-refractivity contribution is -0.383. The van der Waals surface area contributed by atoms with E-state index in [4.69, 9.17) is 0 Å². The molecule has 1 fully saturated rings. The zero-order valence-corrected chi connectivity index (χ0v) is 17.6. The van der Waals surface area contributed by atoms with Gasteiger partial charge in [-0.05, 0) is 29.8 Å². The SMILES string of the molecule is O=C(NNc1ncnc(N2CCN(Cc3ccccc3)CC2)c1[N+](=O)[O-])c1ccc(F)cc1. The summed E-state index contributed by atoms with van der Waals surface area (Å²) in [5, 5.41) is 11.8. The number of nitrogens with one attached hydrogen (secondary N) is 2. The van der Waals surface area contributed by atoms with Gasteiger partial charge in [0.25, 0.3) is 5.91 Å². The van der Waals surface area contributed by atoms with Crippen molar-refractivity contribution < 1.29 is 14.1 Å². The molecule has 1 aromatic heterocycles. The molecule has 1 aliphatic rings. The number of aromatic nitrogens is 2. The third-order valence-electron chi connectivity index (χ3n) is 5.31. The predicted octanol–water partition coefficient (Wildman–Crippen LogP) is 2.60. The number of benzene rings is 2. The van der Waals surface area contributed by atoms with Crippen molar-refractivity contribution in [3.05, 3.63) is 88.0 Å². The number of carbonyl (C=O) groups is 1. The summed E-state index contributed by atoms with van der Waals surface area (Å²) in [5.74, 6) is -1.00. The van der Waals surface area contributed by atoms with Gasteiger partial charge in [-0.3, -0.25) is 30.7 Å². The minimum absolute atomic E-state index is 0.132. The Hall–Kier alpha value is -4.12. The van der Waals surface area contributed by atoms with Crippen LogP contribution in [0.25, 0.3) is 0 Å². The molecule has 170 valence electrons. The molecule has 0 radical (unpaired) electrons. The van der Waals surface area contributed by atoms with Gasteiger partial charge >= 0.3 is 5.69 Å². The van der Waals surface area contributed by atoms with Gasteiger partial charge in [0.1, 0.15) is 12.1 Å². The fourth-order valence-electron chi connectivity index (χ4n) is 3.61. The van der Waals surface area contributed by atoms with Gasteiger partial charge in [-0.25, -0.2) is 14.4 Å². The first-order chi connectivity index (χ1) is 16.0. The van der Waals surface area contributed by atoms with Crippen LogP contribution in [-0.2, 0) is 6.54 Å². The average Bonchev–Trinajstić information content (AvgIpc) is 2.84. The zero-order chi connectivity index (χ0) is 23.2. The molecule has 2 heterocycles. The maximum Gasteiger partial charge on any atom is 0.355 e. The molecule has 0 spiro atoms. The number of hydrogen-bond donors (Lipinski definition) is 2. The molecule has 0 atom stereocenters. The van der Waals surface area contributed by atoms with Crippen molar-refractivity contribution in [1.82, 2.24) is 20.3 Å². The van der Waals surface area contributed by atoms with Gasteiger partial charge in [0, 0.05) is 38.3 Å². The van der Waals surface area contributed by atoms with Crippen molar-refractivity contribution in [1.29, 1.82) is 0 Å². The third kappa shape index (κ3) is 5.39. The van der Waals surface area contributed by atoms with E-state index in [1.54, 1.807) is 0 Å². The minimum Gasteiger partial charge on any atom is -0.348 e. The fraction of sp³-hybridized carbons (Fsp3) is 0.227. The molecule has 2 N–H and O–H groups in total. The maximum atomic E-state index is 13.1. The first-order valence-corrected chi connectivity index (χ1v) is 10.3. The van der Waals surface area contributed by atoms with Crippen LogP contribution in [0, 0.1) is 15.9 Å². The van der Waals surface area contributed by atoms with Crippen LogP contribution in [0.15, 0.2) is 60.9 Å². The number of anilines is 2. The number of rotatable bonds is 7. The molecule has 10 nitrogen and oxygen atoms in total. The average molecular weight is 451 g/mol. The Bertz CT molecular complexity index is 1120. The predicted molar refractivity (Wildman–Crippen MR) is 120 cm³/mol. The summed E-state index contributed by atoms with van der Waals surface area (Å²) in [5.41, 5.74) is 5.94. The molecule has 1 aliphatic heterocycles. The van der Waals surface area contributed by atoms with Crippen molar-refractivity contribution in [3.8, 4) is 0 Å². The van der Waals surface area contributed by atoms with Crippen LogP contribution in [0.5, 0.6) is 0 Å². The quantitative estimate of drug-likeness (QED) is 0.416. The number of hydrazine groups is 1.